The molecule has 0 aromatic rings. The highest BCUT2D eigenvalue weighted by Gasteiger charge is 2.29. The second kappa shape index (κ2) is 4.63. The summed E-state index contributed by atoms with van der Waals surface area (Å²) < 4.78 is 0. The van der Waals surface area contributed by atoms with E-state index in [9.17, 15) is 0 Å². The maximum absolute atomic E-state index is 3.47. The number of hydrogen-bond acceptors (Lipinski definition) is 2. The molecule has 1 N–H and O–H groups in total. The molecule has 2 nitrogen and oxygen atoms in total. The monoisotopic (exact) mass is 196 g/mol. The topological polar surface area (TPSA) is 15.3 Å². The van der Waals surface area contributed by atoms with Crippen molar-refractivity contribution in [2.75, 3.05) is 19.6 Å². The number of rotatable bonds is 5. The Morgan fingerprint density at radius 2 is 2.14 bits per heavy atom. The van der Waals surface area contributed by atoms with Crippen LogP contribution in [0, 0.1) is 5.92 Å². The summed E-state index contributed by atoms with van der Waals surface area (Å²) in [4.78, 5) is 2.71. The van der Waals surface area contributed by atoms with Crippen LogP contribution in [0.5, 0.6) is 0 Å². The normalized spacial score (nSPS) is 29.8. The van der Waals surface area contributed by atoms with Crippen molar-refractivity contribution in [1.82, 2.24) is 10.2 Å². The van der Waals surface area contributed by atoms with Crippen LogP contribution in [-0.4, -0.2) is 36.6 Å². The van der Waals surface area contributed by atoms with Gasteiger partial charge in [-0.3, -0.25) is 4.90 Å². The Hall–Kier alpha value is -0.0800. The van der Waals surface area contributed by atoms with E-state index in [1.54, 1.807) is 0 Å². The van der Waals surface area contributed by atoms with Gasteiger partial charge in [-0.2, -0.15) is 0 Å². The van der Waals surface area contributed by atoms with Crippen molar-refractivity contribution < 1.29 is 0 Å². The molecule has 2 rings (SSSR count). The van der Waals surface area contributed by atoms with Gasteiger partial charge in [0.1, 0.15) is 0 Å². The van der Waals surface area contributed by atoms with Gasteiger partial charge in [-0.15, -0.1) is 0 Å². The Morgan fingerprint density at radius 3 is 2.64 bits per heavy atom. The minimum Gasteiger partial charge on any atom is -0.315 e. The zero-order valence-corrected chi connectivity index (χ0v) is 9.63. The van der Waals surface area contributed by atoms with E-state index in [1.807, 2.05) is 0 Å². The second-order valence-electron chi connectivity index (χ2n) is 5.01. The van der Waals surface area contributed by atoms with E-state index >= 15 is 0 Å². The maximum Gasteiger partial charge on any atom is 0.0235 e. The van der Waals surface area contributed by atoms with E-state index in [4.69, 9.17) is 0 Å². The number of hydrogen-bond donors (Lipinski definition) is 1. The molecule has 2 aliphatic rings. The quantitative estimate of drug-likeness (QED) is 0.722. The van der Waals surface area contributed by atoms with Crippen molar-refractivity contribution in [1.29, 1.82) is 0 Å². The van der Waals surface area contributed by atoms with Crippen LogP contribution in [0.25, 0.3) is 0 Å². The molecule has 2 unspecified atom stereocenters. The third-order valence-electron chi connectivity index (χ3n) is 3.81. The number of nitrogens with one attached hydrogen (secondary N) is 1. The Bertz CT molecular complexity index is 171. The third-order valence-corrected chi connectivity index (χ3v) is 3.81. The van der Waals surface area contributed by atoms with Crippen LogP contribution in [0.1, 0.15) is 39.5 Å². The van der Waals surface area contributed by atoms with Crippen LogP contribution in [0.4, 0.5) is 0 Å². The maximum atomic E-state index is 3.47. The van der Waals surface area contributed by atoms with Crippen molar-refractivity contribution >= 4 is 0 Å². The van der Waals surface area contributed by atoms with Gasteiger partial charge >= 0.3 is 0 Å². The van der Waals surface area contributed by atoms with Gasteiger partial charge in [0.05, 0.1) is 0 Å². The van der Waals surface area contributed by atoms with Crippen molar-refractivity contribution in [2.24, 2.45) is 5.92 Å². The van der Waals surface area contributed by atoms with Crippen molar-refractivity contribution in [3.63, 3.8) is 0 Å². The average Bonchev–Trinajstić information content (AvgIpc) is 2.82. The lowest BCUT2D eigenvalue weighted by atomic mass is 10.1. The molecule has 82 valence electrons. The minimum atomic E-state index is 0.803. The van der Waals surface area contributed by atoms with Crippen LogP contribution >= 0.6 is 0 Å². The molecule has 1 aliphatic heterocycles. The predicted molar refractivity (Wildman–Crippen MR) is 60.5 cm³/mol. The molecule has 0 radical (unpaired) electrons. The first-order chi connectivity index (χ1) is 6.81. The summed E-state index contributed by atoms with van der Waals surface area (Å²) in [6.45, 7) is 8.38. The van der Waals surface area contributed by atoms with Crippen LogP contribution in [0.2, 0.25) is 0 Å². The second-order valence-corrected chi connectivity index (χ2v) is 5.01. The first kappa shape index (κ1) is 10.4. The number of nitrogens with zero attached hydrogens (tertiary/aromatic N) is 1. The molecule has 0 spiro atoms. The lowest BCUT2D eigenvalue weighted by Gasteiger charge is -2.33. The minimum absolute atomic E-state index is 0.803. The van der Waals surface area contributed by atoms with Crippen LogP contribution in [0.3, 0.4) is 0 Å². The first-order valence-electron chi connectivity index (χ1n) is 6.27. The molecule has 0 bridgehead atoms. The van der Waals surface area contributed by atoms with Gasteiger partial charge in [-0.1, -0.05) is 19.8 Å². The molecule has 2 heteroatoms. The largest absolute Gasteiger partial charge is 0.315 e. The van der Waals surface area contributed by atoms with E-state index < -0.39 is 0 Å². The van der Waals surface area contributed by atoms with E-state index in [1.165, 1.54) is 45.3 Å². The van der Waals surface area contributed by atoms with E-state index in [2.05, 4.69) is 24.1 Å². The van der Waals surface area contributed by atoms with Gasteiger partial charge in [0.25, 0.3) is 0 Å². The third kappa shape index (κ3) is 2.48. The van der Waals surface area contributed by atoms with Gasteiger partial charge in [0.2, 0.25) is 0 Å². The van der Waals surface area contributed by atoms with Crippen molar-refractivity contribution in [3.05, 3.63) is 0 Å². The fourth-order valence-electron chi connectivity index (χ4n) is 2.82. The van der Waals surface area contributed by atoms with E-state index in [0.29, 0.717) is 0 Å². The van der Waals surface area contributed by atoms with E-state index in [-0.39, 0.29) is 0 Å². The summed E-state index contributed by atoms with van der Waals surface area (Å²) in [7, 11) is 0. The highest BCUT2D eigenvalue weighted by molar-refractivity contribution is 4.86. The highest BCUT2D eigenvalue weighted by Crippen LogP contribution is 2.35. The first-order valence-corrected chi connectivity index (χ1v) is 6.27. The van der Waals surface area contributed by atoms with Gasteiger partial charge in [-0.25, -0.2) is 0 Å². The Morgan fingerprint density at radius 1 is 1.36 bits per heavy atom. The van der Waals surface area contributed by atoms with Gasteiger partial charge < -0.3 is 5.32 Å². The van der Waals surface area contributed by atoms with Crippen LogP contribution in [0.15, 0.2) is 0 Å². The standard InChI is InChI=1S/C12H24N2/c1-3-14(12-6-7-13-9-12)10(2)8-11-4-5-11/h10-13H,3-9H2,1-2H3. The lowest BCUT2D eigenvalue weighted by molar-refractivity contribution is 0.150. The van der Waals surface area contributed by atoms with Crippen LogP contribution < -0.4 is 5.32 Å². The highest BCUT2D eigenvalue weighted by atomic mass is 15.2. The predicted octanol–water partition coefficient (Wildman–Crippen LogP) is 1.86. The molecule has 2 fully saturated rings. The van der Waals surface area contributed by atoms with Crippen molar-refractivity contribution in [3.8, 4) is 0 Å². The summed E-state index contributed by atoms with van der Waals surface area (Å²) in [6.07, 6.45) is 5.77. The van der Waals surface area contributed by atoms with Gasteiger partial charge in [-0.05, 0) is 38.8 Å². The summed E-state index contributed by atoms with van der Waals surface area (Å²) in [6, 6.07) is 1.62. The summed E-state index contributed by atoms with van der Waals surface area (Å²) in [5, 5.41) is 3.47. The molecule has 1 saturated carbocycles. The Kier molecular flexibility index (Phi) is 3.45. The fourth-order valence-corrected chi connectivity index (χ4v) is 2.82. The number of likely N-dealkylation sites (N-methyl/N-ethyl adjacent to an activating group) is 1. The smallest absolute Gasteiger partial charge is 0.0235 e. The summed E-state index contributed by atoms with van der Waals surface area (Å²) >= 11 is 0. The average molecular weight is 196 g/mol. The molecule has 0 aromatic heterocycles. The molecule has 0 aromatic carbocycles. The van der Waals surface area contributed by atoms with Crippen LogP contribution in [-0.2, 0) is 0 Å². The molecule has 1 heterocycles. The molecule has 1 saturated heterocycles. The van der Waals surface area contributed by atoms with E-state index in [0.717, 1.165) is 18.0 Å². The lowest BCUT2D eigenvalue weighted by Crippen LogP contribution is -2.43. The molecule has 0 amide bonds. The van der Waals surface area contributed by atoms with Crippen molar-refractivity contribution in [2.45, 2.75) is 51.6 Å². The van der Waals surface area contributed by atoms with Gasteiger partial charge in [0.15, 0.2) is 0 Å². The molecular weight excluding hydrogens is 172 g/mol. The molecule has 1 aliphatic carbocycles. The summed E-state index contributed by atoms with van der Waals surface area (Å²) in [5.74, 6) is 1.06. The summed E-state index contributed by atoms with van der Waals surface area (Å²) in [5.41, 5.74) is 0. The molecule has 2 atom stereocenters. The Balaban J connectivity index is 1.82. The zero-order chi connectivity index (χ0) is 9.97. The SMILES string of the molecule is CCN(C(C)CC1CC1)C1CCNC1. The van der Waals surface area contributed by atoms with Gasteiger partial charge in [0, 0.05) is 18.6 Å². The zero-order valence-electron chi connectivity index (χ0n) is 9.63. The molecule has 14 heavy (non-hydrogen) atoms. The Labute approximate surface area is 88.1 Å². The fraction of sp³-hybridized carbons (Fsp3) is 1.00. The molecular formula is C12H24N2.